The molecule has 59 heavy (non-hydrogen) atoms. The summed E-state index contributed by atoms with van der Waals surface area (Å²) in [7, 11) is -4.46. The van der Waals surface area contributed by atoms with E-state index in [9.17, 15) is 43.3 Å². The summed E-state index contributed by atoms with van der Waals surface area (Å²) in [6.07, 6.45) is 9.40. The first kappa shape index (κ1) is 49.3. The highest BCUT2D eigenvalue weighted by Crippen LogP contribution is 2.43. The number of aldehydes is 1. The van der Waals surface area contributed by atoms with E-state index in [1.54, 1.807) is 0 Å². The van der Waals surface area contributed by atoms with Crippen LogP contribution in [0.5, 0.6) is 0 Å². The van der Waals surface area contributed by atoms with Gasteiger partial charge in [-0.3, -0.25) is 28.9 Å². The number of carbonyl (C=O) groups is 6. The van der Waals surface area contributed by atoms with Gasteiger partial charge in [0, 0.05) is 51.5 Å². The van der Waals surface area contributed by atoms with Gasteiger partial charge in [-0.2, -0.15) is 4.57 Å². The number of carbonyl (C=O) groups excluding carboxylic acids is 6. The average Bonchev–Trinajstić information content (AvgIpc) is 3.91. The number of Topliss-reactive ketones (excluding diaryl/α,β-unsaturated/α-hetero) is 2. The standard InChI is InChI=1S/C42H64N5O11P/c1-29(2)21-36(45-42(54)38-18-14-19-47(38)31(4)50)39(51)23-33(22-35-25-43-28-44-35)41(53)46-37(27-49)40(52)24-34(26-48)30(3)58-59(55,56)57-20-13-8-6-5-7-10-15-32-16-11-9-12-17-32/h9,11-12,16-17,25-26,28-30,33-34,36-38,49H,5-8,10,13-15,18-24,27H2,1-4H3,(H,43,44)(H,45,54)(H,46,53)(H,55,56)/p+1/t30-,33-,34-,36+,37+,38+/m1/s1. The molecule has 328 valence electrons. The van der Waals surface area contributed by atoms with E-state index >= 15 is 0 Å². The zero-order valence-corrected chi connectivity index (χ0v) is 35.8. The number of imidazole rings is 1. The van der Waals surface area contributed by atoms with Crippen LogP contribution in [0.1, 0.15) is 110 Å². The molecule has 0 bridgehead atoms. The minimum Gasteiger partial charge on any atom is -0.394 e. The van der Waals surface area contributed by atoms with E-state index in [0.29, 0.717) is 37.8 Å². The molecule has 3 amide bonds. The van der Waals surface area contributed by atoms with E-state index < -0.39 is 80.3 Å². The number of likely N-dealkylation sites (tertiary alicyclic amines) is 1. The molecule has 3 rings (SSSR count). The van der Waals surface area contributed by atoms with Crippen molar-refractivity contribution in [1.82, 2.24) is 25.5 Å². The number of aliphatic hydroxyl groups excluding tert-OH is 1. The van der Waals surface area contributed by atoms with E-state index in [1.165, 1.54) is 36.8 Å². The smallest absolute Gasteiger partial charge is 0.394 e. The quantitative estimate of drug-likeness (QED) is 0.0340. The topological polar surface area (TPSA) is 238 Å². The van der Waals surface area contributed by atoms with Crippen LogP contribution in [-0.4, -0.2) is 109 Å². The van der Waals surface area contributed by atoms with Crippen molar-refractivity contribution in [3.05, 3.63) is 54.1 Å². The van der Waals surface area contributed by atoms with Crippen LogP contribution in [0, 0.1) is 17.8 Å². The molecule has 1 unspecified atom stereocenters. The molecular formula is C42H65N5O11P+. The summed E-state index contributed by atoms with van der Waals surface area (Å²) in [5.74, 6) is -4.76. The molecule has 17 heteroatoms. The summed E-state index contributed by atoms with van der Waals surface area (Å²) < 4.78 is 21.7. The highest BCUT2D eigenvalue weighted by atomic mass is 31.2. The van der Waals surface area contributed by atoms with Gasteiger partial charge in [-0.1, -0.05) is 69.9 Å². The third-order valence-corrected chi connectivity index (χ3v) is 11.8. The SMILES string of the molecule is CC(=O)N1CCC[C@H]1C(=O)N[C@@H](CC(C)C)C(=O)C[C@@H](Cc1cnc[nH]1)C(=O)N[C@@H](CO)C(=O)C[C@H](C=O)[C@@H](C)[OH+]P(=O)(O)OCCCCCCCCc1ccccc1. The van der Waals surface area contributed by atoms with Crippen molar-refractivity contribution in [3.63, 3.8) is 0 Å². The highest BCUT2D eigenvalue weighted by molar-refractivity contribution is 7.46. The molecule has 1 aromatic carbocycles. The number of aliphatic hydroxyl groups is 2. The molecule has 1 fully saturated rings. The van der Waals surface area contributed by atoms with Crippen LogP contribution < -0.4 is 10.6 Å². The number of nitrogens with zero attached hydrogens (tertiary/aromatic N) is 2. The summed E-state index contributed by atoms with van der Waals surface area (Å²) in [6, 6.07) is 7.19. The highest BCUT2D eigenvalue weighted by Gasteiger charge is 2.39. The van der Waals surface area contributed by atoms with Crippen molar-refractivity contribution in [2.24, 2.45) is 17.8 Å². The molecule has 6 N–H and O–H groups in total. The Balaban J connectivity index is 1.53. The van der Waals surface area contributed by atoms with E-state index in [4.69, 9.17) is 4.52 Å². The maximum atomic E-state index is 13.8. The van der Waals surface area contributed by atoms with Gasteiger partial charge >= 0.3 is 7.82 Å². The Hall–Kier alpha value is -4.08. The Morgan fingerprint density at radius 2 is 1.68 bits per heavy atom. The molecule has 0 spiro atoms. The predicted octanol–water partition coefficient (Wildman–Crippen LogP) is 3.94. The molecular weight excluding hydrogens is 781 g/mol. The first-order valence-electron chi connectivity index (χ1n) is 20.8. The van der Waals surface area contributed by atoms with Crippen molar-refractivity contribution in [1.29, 1.82) is 0 Å². The molecule has 1 aromatic heterocycles. The number of nitrogens with one attached hydrogen (secondary N) is 3. The van der Waals surface area contributed by atoms with E-state index in [2.05, 4.69) is 37.3 Å². The van der Waals surface area contributed by atoms with Gasteiger partial charge in [0.25, 0.3) is 0 Å². The first-order chi connectivity index (χ1) is 28.1. The minimum atomic E-state index is -4.46. The molecule has 1 aliphatic rings. The molecule has 2 heterocycles. The molecule has 16 nitrogen and oxygen atoms in total. The summed E-state index contributed by atoms with van der Waals surface area (Å²) >= 11 is 0. The van der Waals surface area contributed by atoms with Gasteiger partial charge in [-0.05, 0) is 50.0 Å². The predicted molar refractivity (Wildman–Crippen MR) is 221 cm³/mol. The van der Waals surface area contributed by atoms with Gasteiger partial charge in [0.1, 0.15) is 18.4 Å². The fourth-order valence-electron chi connectivity index (χ4n) is 7.27. The minimum absolute atomic E-state index is 0.00309. The second-order valence-electron chi connectivity index (χ2n) is 16.0. The fourth-order valence-corrected chi connectivity index (χ4v) is 8.34. The fraction of sp³-hybridized carbons (Fsp3) is 0.643. The zero-order valence-electron chi connectivity index (χ0n) is 34.9. The molecule has 1 aliphatic heterocycles. The van der Waals surface area contributed by atoms with Crippen molar-refractivity contribution >= 4 is 43.4 Å². The number of aromatic amines is 1. The van der Waals surface area contributed by atoms with Crippen LogP contribution in [0.4, 0.5) is 0 Å². The van der Waals surface area contributed by atoms with Crippen LogP contribution >= 0.6 is 7.82 Å². The van der Waals surface area contributed by atoms with Gasteiger partial charge in [-0.15, -0.1) is 0 Å². The van der Waals surface area contributed by atoms with E-state index in [-0.39, 0.29) is 37.7 Å². The molecule has 0 radical (unpaired) electrons. The molecule has 1 saturated heterocycles. The summed E-state index contributed by atoms with van der Waals surface area (Å²) in [5.41, 5.74) is 1.84. The van der Waals surface area contributed by atoms with Crippen molar-refractivity contribution < 1.29 is 52.4 Å². The zero-order chi connectivity index (χ0) is 43.4. The number of aromatic nitrogens is 2. The average molecular weight is 847 g/mol. The van der Waals surface area contributed by atoms with E-state index in [1.807, 2.05) is 32.0 Å². The lowest BCUT2D eigenvalue weighted by Crippen LogP contribution is -2.52. The van der Waals surface area contributed by atoms with Crippen LogP contribution in [0.25, 0.3) is 0 Å². The molecule has 2 aromatic rings. The van der Waals surface area contributed by atoms with Gasteiger partial charge in [0.2, 0.25) is 17.7 Å². The van der Waals surface area contributed by atoms with Crippen molar-refractivity contribution in [2.75, 3.05) is 19.8 Å². The Morgan fingerprint density at radius 3 is 2.31 bits per heavy atom. The number of unbranched alkanes of at least 4 members (excludes halogenated alkanes) is 5. The molecule has 7 atom stereocenters. The Bertz CT molecular complexity index is 1680. The van der Waals surface area contributed by atoms with Crippen LogP contribution in [-0.2, 0) is 50.7 Å². The second kappa shape index (κ2) is 25.5. The second-order valence-corrected chi connectivity index (χ2v) is 17.4. The number of aryl methyl sites for hydroxylation is 1. The monoisotopic (exact) mass is 846 g/mol. The van der Waals surface area contributed by atoms with Crippen LogP contribution in [0.15, 0.2) is 42.9 Å². The number of benzene rings is 1. The lowest BCUT2D eigenvalue weighted by Gasteiger charge is -2.27. The Morgan fingerprint density at radius 1 is 1.00 bits per heavy atom. The third kappa shape index (κ3) is 17.6. The maximum absolute atomic E-state index is 13.8. The number of amides is 3. The number of H-pyrrole nitrogens is 1. The first-order valence-corrected chi connectivity index (χ1v) is 22.4. The largest absolute Gasteiger partial charge is 0.632 e. The molecule has 0 saturated carbocycles. The third-order valence-electron chi connectivity index (χ3n) is 10.6. The molecule has 0 aliphatic carbocycles. The number of hydrogen-bond acceptors (Lipinski definition) is 10. The lowest BCUT2D eigenvalue weighted by molar-refractivity contribution is -0.138. The summed E-state index contributed by atoms with van der Waals surface area (Å²) in [4.78, 5) is 97.1. The summed E-state index contributed by atoms with van der Waals surface area (Å²) in [5, 5.41) is 15.5. The normalized spacial score (nSPS) is 17.7. The lowest BCUT2D eigenvalue weighted by atomic mass is 9.89. The van der Waals surface area contributed by atoms with Gasteiger partial charge in [0.05, 0.1) is 37.4 Å². The van der Waals surface area contributed by atoms with Crippen molar-refractivity contribution in [3.8, 4) is 0 Å². The Kier molecular flexibility index (Phi) is 21.3. The number of rotatable bonds is 29. The number of hydrogen-bond donors (Lipinski definition) is 5. The Labute approximate surface area is 347 Å². The van der Waals surface area contributed by atoms with Gasteiger partial charge in [-0.25, -0.2) is 9.51 Å². The van der Waals surface area contributed by atoms with Crippen LogP contribution in [0.2, 0.25) is 0 Å². The number of ketones is 2. The van der Waals surface area contributed by atoms with Crippen molar-refractivity contribution in [2.45, 2.75) is 135 Å². The van der Waals surface area contributed by atoms with E-state index in [0.717, 1.165) is 38.5 Å². The van der Waals surface area contributed by atoms with Crippen LogP contribution in [0.3, 0.4) is 0 Å². The van der Waals surface area contributed by atoms with Gasteiger partial charge in [0.15, 0.2) is 17.7 Å². The van der Waals surface area contributed by atoms with Gasteiger partial charge < -0.3 is 34.9 Å². The maximum Gasteiger partial charge on any atom is 0.632 e. The summed E-state index contributed by atoms with van der Waals surface area (Å²) in [6.45, 7) is 6.21.